The molecule has 0 saturated heterocycles. The lowest BCUT2D eigenvalue weighted by atomic mass is 9.96. The van der Waals surface area contributed by atoms with Gasteiger partial charge in [0.1, 0.15) is 0 Å². The van der Waals surface area contributed by atoms with Crippen LogP contribution in [-0.4, -0.2) is 27.1 Å². The Labute approximate surface area is 231 Å². The van der Waals surface area contributed by atoms with Crippen LogP contribution in [0.2, 0.25) is 10.0 Å². The Kier molecular flexibility index (Phi) is 6.71. The summed E-state index contributed by atoms with van der Waals surface area (Å²) in [6.07, 6.45) is 4.26. The Bertz CT molecular complexity index is 1690. The average molecular weight is 567 g/mol. The van der Waals surface area contributed by atoms with E-state index in [-0.39, 0.29) is 11.8 Å². The van der Waals surface area contributed by atoms with Gasteiger partial charge in [-0.2, -0.15) is 0 Å². The van der Waals surface area contributed by atoms with Crippen molar-refractivity contribution in [3.8, 4) is 0 Å². The zero-order chi connectivity index (χ0) is 25.5. The third-order valence-electron chi connectivity index (χ3n) is 6.55. The number of halogens is 2. The van der Waals surface area contributed by atoms with Crippen LogP contribution in [0.15, 0.2) is 65.0 Å². The molecule has 0 aliphatic heterocycles. The van der Waals surface area contributed by atoms with Crippen LogP contribution in [0.1, 0.15) is 39.3 Å². The molecular formula is C28H21Cl2N3O2S2. The number of benzene rings is 3. The topological polar surface area (TPSA) is 64.0 Å². The van der Waals surface area contributed by atoms with Crippen molar-refractivity contribution in [3.63, 3.8) is 0 Å². The van der Waals surface area contributed by atoms with Gasteiger partial charge in [0.25, 0.3) is 5.91 Å². The average Bonchev–Trinajstić information content (AvgIpc) is 3.45. The summed E-state index contributed by atoms with van der Waals surface area (Å²) in [7, 11) is 0. The minimum Gasteiger partial charge on any atom is -0.322 e. The van der Waals surface area contributed by atoms with Crippen LogP contribution in [-0.2, 0) is 12.8 Å². The van der Waals surface area contributed by atoms with E-state index in [0.717, 1.165) is 39.3 Å². The molecule has 1 amide bonds. The molecule has 0 spiro atoms. The first-order valence-corrected chi connectivity index (χ1v) is 14.5. The van der Waals surface area contributed by atoms with Crippen molar-refractivity contribution < 1.29 is 9.59 Å². The number of nitrogens with one attached hydrogen (secondary N) is 1. The second kappa shape index (κ2) is 10.1. The van der Waals surface area contributed by atoms with Gasteiger partial charge in [0, 0.05) is 21.8 Å². The minimum atomic E-state index is -0.312. The number of hydrogen-bond acceptors (Lipinski definition) is 5. The van der Waals surface area contributed by atoms with E-state index in [0.29, 0.717) is 27.0 Å². The van der Waals surface area contributed by atoms with E-state index < -0.39 is 0 Å². The molecule has 37 heavy (non-hydrogen) atoms. The fraction of sp³-hybridized carbons (Fsp3) is 0.179. The Hall–Kier alpha value is -2.84. The number of carbonyl (C=O) groups excluding carboxylic acids is 2. The predicted octanol–water partition coefficient (Wildman–Crippen LogP) is 8.12. The van der Waals surface area contributed by atoms with Gasteiger partial charge in [0.15, 0.2) is 4.34 Å². The van der Waals surface area contributed by atoms with E-state index in [9.17, 15) is 9.59 Å². The van der Waals surface area contributed by atoms with Crippen molar-refractivity contribution in [1.29, 1.82) is 0 Å². The maximum absolute atomic E-state index is 13.4. The molecule has 0 unspecified atom stereocenters. The second-order valence-corrected chi connectivity index (χ2v) is 12.0. The van der Waals surface area contributed by atoms with E-state index in [1.165, 1.54) is 46.2 Å². The molecular weight excluding hydrogens is 545 g/mol. The molecule has 0 saturated carbocycles. The smallest absolute Gasteiger partial charge is 0.257 e. The van der Waals surface area contributed by atoms with E-state index in [1.54, 1.807) is 18.2 Å². The first-order chi connectivity index (χ1) is 18.0. The Balaban J connectivity index is 1.19. The van der Waals surface area contributed by atoms with E-state index in [4.69, 9.17) is 23.2 Å². The lowest BCUT2D eigenvalue weighted by Crippen LogP contribution is -2.18. The van der Waals surface area contributed by atoms with E-state index >= 15 is 0 Å². The molecule has 0 fully saturated rings. The van der Waals surface area contributed by atoms with Gasteiger partial charge < -0.3 is 5.32 Å². The lowest BCUT2D eigenvalue weighted by Gasteiger charge is -2.14. The highest BCUT2D eigenvalue weighted by Crippen LogP contribution is 2.35. The van der Waals surface area contributed by atoms with Crippen LogP contribution in [0, 0.1) is 0 Å². The third kappa shape index (κ3) is 4.77. The number of aromatic nitrogens is 2. The highest BCUT2D eigenvalue weighted by Gasteiger charge is 2.23. The number of rotatable bonds is 5. The molecule has 0 atom stereocenters. The first-order valence-electron chi connectivity index (χ1n) is 11.9. The molecule has 9 heteroatoms. The van der Waals surface area contributed by atoms with Crippen molar-refractivity contribution in [2.45, 2.75) is 30.0 Å². The van der Waals surface area contributed by atoms with Crippen LogP contribution < -0.4 is 5.32 Å². The highest BCUT2D eigenvalue weighted by atomic mass is 35.5. The van der Waals surface area contributed by atoms with Crippen LogP contribution in [0.25, 0.3) is 21.1 Å². The SMILES string of the molecule is O=C(Nc1ccc2nc(SCC(=O)n3c4c(c5ccccc53)CCCC4)sc2c1)c1ccc(Cl)cc1Cl. The van der Waals surface area contributed by atoms with Crippen molar-refractivity contribution in [1.82, 2.24) is 9.55 Å². The Morgan fingerprint density at radius 2 is 1.86 bits per heavy atom. The van der Waals surface area contributed by atoms with Crippen molar-refractivity contribution >= 4 is 84.9 Å². The monoisotopic (exact) mass is 565 g/mol. The zero-order valence-corrected chi connectivity index (χ0v) is 22.7. The number of nitrogens with zero attached hydrogens (tertiary/aromatic N) is 2. The predicted molar refractivity (Wildman–Crippen MR) is 154 cm³/mol. The fourth-order valence-electron chi connectivity index (χ4n) is 4.88. The summed E-state index contributed by atoms with van der Waals surface area (Å²) < 4.78 is 3.68. The molecule has 2 aromatic heterocycles. The molecule has 1 aliphatic carbocycles. The molecule has 2 heterocycles. The van der Waals surface area contributed by atoms with Crippen molar-refractivity contribution in [3.05, 3.63) is 87.5 Å². The number of carbonyl (C=O) groups is 2. The normalized spacial score (nSPS) is 13.1. The van der Waals surface area contributed by atoms with Crippen LogP contribution in [0.3, 0.4) is 0 Å². The molecule has 6 rings (SSSR count). The molecule has 1 aliphatic rings. The summed E-state index contributed by atoms with van der Waals surface area (Å²) in [6, 6.07) is 18.5. The number of thioether (sulfide) groups is 1. The fourth-order valence-corrected chi connectivity index (χ4v) is 7.33. The summed E-state index contributed by atoms with van der Waals surface area (Å²) in [5, 5.41) is 4.85. The number of aryl methyl sites for hydroxylation is 1. The first kappa shape index (κ1) is 24.5. The molecule has 0 radical (unpaired) electrons. The van der Waals surface area contributed by atoms with Gasteiger partial charge in [-0.25, -0.2) is 4.98 Å². The summed E-state index contributed by atoms with van der Waals surface area (Å²) in [5.74, 6) is 0.0771. The van der Waals surface area contributed by atoms with Gasteiger partial charge in [-0.15, -0.1) is 11.3 Å². The number of hydrogen-bond donors (Lipinski definition) is 1. The van der Waals surface area contributed by atoms with Gasteiger partial charge in [0.05, 0.1) is 32.1 Å². The minimum absolute atomic E-state index is 0.0800. The number of para-hydroxylation sites is 1. The number of fused-ring (bicyclic) bond motifs is 4. The second-order valence-electron chi connectivity index (χ2n) is 8.91. The van der Waals surface area contributed by atoms with Gasteiger partial charge in [0.2, 0.25) is 5.91 Å². The molecule has 5 aromatic rings. The maximum atomic E-state index is 13.4. The quantitative estimate of drug-likeness (QED) is 0.218. The van der Waals surface area contributed by atoms with E-state index in [2.05, 4.69) is 16.4 Å². The highest BCUT2D eigenvalue weighted by molar-refractivity contribution is 8.01. The molecule has 5 nitrogen and oxygen atoms in total. The van der Waals surface area contributed by atoms with E-state index in [1.807, 2.05) is 41.0 Å². The standard InChI is InChI=1S/C28H21Cl2N3O2S2/c29-16-9-11-20(21(30)13-16)27(35)31-17-10-12-22-25(14-17)37-28(32-22)36-15-26(34)33-23-7-3-1-5-18(23)19-6-2-4-8-24(19)33/h1,3,5,7,9-14H,2,4,6,8,15H2,(H,31,35). The van der Waals surface area contributed by atoms with Crippen molar-refractivity contribution in [2.24, 2.45) is 0 Å². The number of amides is 1. The summed E-state index contributed by atoms with van der Waals surface area (Å²) in [4.78, 5) is 30.8. The summed E-state index contributed by atoms with van der Waals surface area (Å²) in [5.41, 5.74) is 5.32. The molecule has 1 N–H and O–H groups in total. The molecule has 3 aromatic carbocycles. The lowest BCUT2D eigenvalue weighted by molar-refractivity contribution is 0.0942. The number of anilines is 1. The van der Waals surface area contributed by atoms with Gasteiger partial charge in [-0.1, -0.05) is 53.2 Å². The van der Waals surface area contributed by atoms with Crippen LogP contribution >= 0.6 is 46.3 Å². The van der Waals surface area contributed by atoms with Gasteiger partial charge in [-0.3, -0.25) is 14.2 Å². The van der Waals surface area contributed by atoms with Crippen molar-refractivity contribution in [2.75, 3.05) is 11.1 Å². The maximum Gasteiger partial charge on any atom is 0.257 e. The Morgan fingerprint density at radius 1 is 1.03 bits per heavy atom. The molecule has 186 valence electrons. The summed E-state index contributed by atoms with van der Waals surface area (Å²) in [6.45, 7) is 0. The number of thiazole rings is 1. The zero-order valence-electron chi connectivity index (χ0n) is 19.6. The van der Waals surface area contributed by atoms with Gasteiger partial charge >= 0.3 is 0 Å². The van der Waals surface area contributed by atoms with Crippen LogP contribution in [0.4, 0.5) is 5.69 Å². The Morgan fingerprint density at radius 3 is 2.73 bits per heavy atom. The molecule has 0 bridgehead atoms. The largest absolute Gasteiger partial charge is 0.322 e. The third-order valence-corrected chi connectivity index (χ3v) is 9.24. The summed E-state index contributed by atoms with van der Waals surface area (Å²) >= 11 is 15.1. The van der Waals surface area contributed by atoms with Crippen LogP contribution in [0.5, 0.6) is 0 Å². The van der Waals surface area contributed by atoms with Gasteiger partial charge in [-0.05, 0) is 73.7 Å².